The van der Waals surface area contributed by atoms with Crippen molar-refractivity contribution >= 4 is 9.84 Å². The first-order valence-electron chi connectivity index (χ1n) is 8.83. The van der Waals surface area contributed by atoms with Crippen LogP contribution < -0.4 is 0 Å². The second-order valence-electron chi connectivity index (χ2n) is 7.12. The lowest BCUT2D eigenvalue weighted by atomic mass is 10.1. The van der Waals surface area contributed by atoms with E-state index in [4.69, 9.17) is 0 Å². The average Bonchev–Trinajstić information content (AvgIpc) is 3.07. The molecule has 1 saturated heterocycles. The Balaban J connectivity index is 1.66. The molecule has 1 aliphatic heterocycles. The summed E-state index contributed by atoms with van der Waals surface area (Å²) in [5.74, 6) is 0.501. The fourth-order valence-electron chi connectivity index (χ4n) is 3.56. The molecule has 0 unspecified atom stereocenters. The number of benzene rings is 1. The van der Waals surface area contributed by atoms with Crippen molar-refractivity contribution in [2.24, 2.45) is 0 Å². The summed E-state index contributed by atoms with van der Waals surface area (Å²) in [5.41, 5.74) is 4.68. The molecule has 5 nitrogen and oxygen atoms in total. The largest absolute Gasteiger partial charge is 0.302 e. The van der Waals surface area contributed by atoms with Gasteiger partial charge in [-0.2, -0.15) is 5.10 Å². The summed E-state index contributed by atoms with van der Waals surface area (Å²) in [6.45, 7) is 5.90. The fraction of sp³-hybridized carbons (Fsp3) is 0.526. The number of nitrogens with zero attached hydrogens (tertiary/aromatic N) is 3. The molecule has 0 N–H and O–H groups in total. The summed E-state index contributed by atoms with van der Waals surface area (Å²) in [6, 6.07) is 10.5. The van der Waals surface area contributed by atoms with Gasteiger partial charge in [0.2, 0.25) is 0 Å². The average molecular weight is 362 g/mol. The molecular weight excluding hydrogens is 334 g/mol. The molecule has 136 valence electrons. The molecule has 1 aliphatic rings. The molecule has 6 heteroatoms. The van der Waals surface area contributed by atoms with Gasteiger partial charge in [0.1, 0.15) is 0 Å². The zero-order chi connectivity index (χ0) is 18.0. The second-order valence-corrected chi connectivity index (χ2v) is 9.35. The molecule has 1 aromatic heterocycles. The summed E-state index contributed by atoms with van der Waals surface area (Å²) in [6.07, 6.45) is 1.69. The predicted molar refractivity (Wildman–Crippen MR) is 100 cm³/mol. The number of hydrogen-bond acceptors (Lipinski definition) is 4. The topological polar surface area (TPSA) is 55.2 Å². The van der Waals surface area contributed by atoms with E-state index in [1.54, 1.807) is 0 Å². The molecule has 0 radical (unpaired) electrons. The van der Waals surface area contributed by atoms with Crippen LogP contribution >= 0.6 is 0 Å². The van der Waals surface area contributed by atoms with Gasteiger partial charge >= 0.3 is 0 Å². The van der Waals surface area contributed by atoms with Crippen molar-refractivity contribution in [1.82, 2.24) is 14.7 Å². The van der Waals surface area contributed by atoms with Crippen molar-refractivity contribution in [2.75, 3.05) is 25.1 Å². The molecule has 1 aromatic carbocycles. The highest BCUT2D eigenvalue weighted by atomic mass is 32.2. The highest BCUT2D eigenvalue weighted by Crippen LogP contribution is 2.27. The molecular formula is C19H27N3O2S. The third-order valence-corrected chi connectivity index (χ3v) is 6.83. The van der Waals surface area contributed by atoms with Crippen LogP contribution in [-0.2, 0) is 22.8 Å². The zero-order valence-corrected chi connectivity index (χ0v) is 16.1. The van der Waals surface area contributed by atoms with E-state index >= 15 is 0 Å². The summed E-state index contributed by atoms with van der Waals surface area (Å²) in [4.78, 5) is 2.31. The number of likely N-dealkylation sites (N-methyl/N-ethyl adjacent to an activating group) is 1. The molecule has 0 bridgehead atoms. The van der Waals surface area contributed by atoms with Crippen LogP contribution in [0.3, 0.4) is 0 Å². The minimum absolute atomic E-state index is 0.00734. The fourth-order valence-corrected chi connectivity index (χ4v) is 5.26. The van der Waals surface area contributed by atoms with Crippen LogP contribution in [0, 0.1) is 13.8 Å². The van der Waals surface area contributed by atoms with Gasteiger partial charge in [-0.05, 0) is 39.3 Å². The molecule has 1 fully saturated rings. The van der Waals surface area contributed by atoms with Crippen molar-refractivity contribution in [2.45, 2.75) is 39.3 Å². The Morgan fingerprint density at radius 3 is 2.60 bits per heavy atom. The van der Waals surface area contributed by atoms with Crippen LogP contribution in [0.15, 0.2) is 30.3 Å². The van der Waals surface area contributed by atoms with Crippen molar-refractivity contribution in [3.63, 3.8) is 0 Å². The minimum Gasteiger partial charge on any atom is -0.302 e. The normalized spacial score (nSPS) is 19.6. The van der Waals surface area contributed by atoms with Crippen LogP contribution in [0.5, 0.6) is 0 Å². The van der Waals surface area contributed by atoms with Gasteiger partial charge in [-0.3, -0.25) is 4.68 Å². The Bertz CT molecular complexity index is 828. The highest BCUT2D eigenvalue weighted by molar-refractivity contribution is 7.91. The molecule has 0 saturated carbocycles. The minimum atomic E-state index is -2.90. The molecule has 3 rings (SSSR count). The van der Waals surface area contributed by atoms with Crippen LogP contribution in [-0.4, -0.2) is 48.2 Å². The summed E-state index contributed by atoms with van der Waals surface area (Å²) in [7, 11) is -0.773. The molecule has 2 aromatic rings. The maximum absolute atomic E-state index is 11.8. The lowest BCUT2D eigenvalue weighted by Crippen LogP contribution is -2.21. The maximum atomic E-state index is 11.8. The Hall–Kier alpha value is -1.66. The summed E-state index contributed by atoms with van der Waals surface area (Å²) < 4.78 is 25.5. The Kier molecular flexibility index (Phi) is 5.29. The van der Waals surface area contributed by atoms with Crippen LogP contribution in [0.4, 0.5) is 0 Å². The number of rotatable bonds is 6. The van der Waals surface area contributed by atoms with Gasteiger partial charge in [0.05, 0.1) is 23.2 Å². The first-order chi connectivity index (χ1) is 11.9. The number of sulfone groups is 1. The van der Waals surface area contributed by atoms with E-state index in [-0.39, 0.29) is 17.5 Å². The molecule has 0 aliphatic carbocycles. The van der Waals surface area contributed by atoms with Crippen LogP contribution in [0.25, 0.3) is 0 Å². The van der Waals surface area contributed by atoms with Gasteiger partial charge in [0.15, 0.2) is 9.84 Å². The van der Waals surface area contributed by atoms with E-state index in [2.05, 4.69) is 48.2 Å². The van der Waals surface area contributed by atoms with Crippen LogP contribution in [0.1, 0.15) is 35.0 Å². The Labute approximate surface area is 150 Å². The van der Waals surface area contributed by atoms with E-state index in [9.17, 15) is 8.42 Å². The van der Waals surface area contributed by atoms with Crippen molar-refractivity contribution in [3.8, 4) is 0 Å². The van der Waals surface area contributed by atoms with Gasteiger partial charge < -0.3 is 4.90 Å². The third kappa shape index (κ3) is 4.30. The molecule has 2 heterocycles. The van der Waals surface area contributed by atoms with Crippen LogP contribution in [0.2, 0.25) is 0 Å². The van der Waals surface area contributed by atoms with E-state index in [0.29, 0.717) is 6.42 Å². The number of aromatic nitrogens is 2. The van der Waals surface area contributed by atoms with Crippen molar-refractivity contribution in [3.05, 3.63) is 52.8 Å². The number of hydrogen-bond donors (Lipinski definition) is 0. The third-order valence-electron chi connectivity index (χ3n) is 5.08. The SMILES string of the molecule is Cc1nn([C@H]2CCS(=O)(=O)C2)c(C)c1CN(C)CCc1ccccc1. The molecule has 1 atom stereocenters. The lowest BCUT2D eigenvalue weighted by Gasteiger charge is -2.17. The van der Waals surface area contributed by atoms with Gasteiger partial charge in [0, 0.05) is 24.3 Å². The molecule has 0 spiro atoms. The first-order valence-corrected chi connectivity index (χ1v) is 10.7. The maximum Gasteiger partial charge on any atom is 0.152 e. The highest BCUT2D eigenvalue weighted by Gasteiger charge is 2.31. The first kappa shape index (κ1) is 18.1. The predicted octanol–water partition coefficient (Wildman–Crippen LogP) is 2.53. The monoisotopic (exact) mass is 361 g/mol. The molecule has 0 amide bonds. The van der Waals surface area contributed by atoms with Crippen molar-refractivity contribution < 1.29 is 8.42 Å². The van der Waals surface area contributed by atoms with Crippen molar-refractivity contribution in [1.29, 1.82) is 0 Å². The standard InChI is InChI=1S/C19H27N3O2S/c1-15-19(13-21(3)11-9-17-7-5-4-6-8-17)16(2)22(20-15)18-10-12-25(23,24)14-18/h4-8,18H,9-14H2,1-3H3/t18-/m0/s1. The van der Waals surface area contributed by atoms with Gasteiger partial charge in [-0.25, -0.2) is 8.42 Å². The van der Waals surface area contributed by atoms with Gasteiger partial charge in [-0.1, -0.05) is 30.3 Å². The van der Waals surface area contributed by atoms with E-state index in [0.717, 1.165) is 30.9 Å². The zero-order valence-electron chi connectivity index (χ0n) is 15.3. The smallest absolute Gasteiger partial charge is 0.152 e. The Morgan fingerprint density at radius 1 is 1.24 bits per heavy atom. The van der Waals surface area contributed by atoms with Gasteiger partial charge in [-0.15, -0.1) is 0 Å². The summed E-state index contributed by atoms with van der Waals surface area (Å²) >= 11 is 0. The van der Waals surface area contributed by atoms with E-state index < -0.39 is 9.84 Å². The quantitative estimate of drug-likeness (QED) is 0.793. The molecule has 25 heavy (non-hydrogen) atoms. The van der Waals surface area contributed by atoms with Gasteiger partial charge in [0.25, 0.3) is 0 Å². The number of aryl methyl sites for hydroxylation is 1. The second kappa shape index (κ2) is 7.30. The van der Waals surface area contributed by atoms with E-state index in [1.807, 2.05) is 17.7 Å². The summed E-state index contributed by atoms with van der Waals surface area (Å²) in [5, 5.41) is 4.65. The Morgan fingerprint density at radius 2 is 1.96 bits per heavy atom. The van der Waals surface area contributed by atoms with E-state index in [1.165, 1.54) is 11.1 Å². The lowest BCUT2D eigenvalue weighted by molar-refractivity contribution is 0.329.